The molecule has 0 spiro atoms. The number of allylic oxidation sites excluding steroid dienone is 2. The van der Waals surface area contributed by atoms with Gasteiger partial charge >= 0.3 is 0 Å². The van der Waals surface area contributed by atoms with Gasteiger partial charge in [0.25, 0.3) is 0 Å². The molecule has 0 saturated heterocycles. The Bertz CT molecular complexity index is 425. The first-order chi connectivity index (χ1) is 8.52. The van der Waals surface area contributed by atoms with Gasteiger partial charge in [0.1, 0.15) is 5.82 Å². The molecule has 0 heterocycles. The van der Waals surface area contributed by atoms with E-state index < -0.39 is 0 Å². The predicted octanol–water partition coefficient (Wildman–Crippen LogP) is 5.72. The summed E-state index contributed by atoms with van der Waals surface area (Å²) in [5.74, 6) is -0.0634. The largest absolute Gasteiger partial charge is 0.207 e. The lowest BCUT2D eigenvalue weighted by Crippen LogP contribution is -2.21. The zero-order valence-corrected chi connectivity index (χ0v) is 12.3. The Morgan fingerprint density at radius 1 is 1.22 bits per heavy atom. The van der Waals surface area contributed by atoms with Crippen molar-refractivity contribution in [1.29, 1.82) is 0 Å². The van der Waals surface area contributed by atoms with Crippen LogP contribution < -0.4 is 0 Å². The Morgan fingerprint density at radius 3 is 2.22 bits per heavy atom. The van der Waals surface area contributed by atoms with Crippen molar-refractivity contribution >= 4 is 5.57 Å². The number of hydrogen-bond donors (Lipinski definition) is 0. The molecule has 0 aliphatic carbocycles. The summed E-state index contributed by atoms with van der Waals surface area (Å²) in [4.78, 5) is 0. The second-order valence-corrected chi connectivity index (χ2v) is 5.13. The highest BCUT2D eigenvalue weighted by molar-refractivity contribution is 5.65. The molecule has 0 aliphatic rings. The van der Waals surface area contributed by atoms with Crippen LogP contribution in [0.15, 0.2) is 24.3 Å². The molecule has 0 fully saturated rings. The van der Waals surface area contributed by atoms with E-state index in [1.54, 1.807) is 6.07 Å². The van der Waals surface area contributed by atoms with Crippen LogP contribution >= 0.6 is 0 Å². The van der Waals surface area contributed by atoms with Crippen LogP contribution in [-0.4, -0.2) is 0 Å². The van der Waals surface area contributed by atoms with Crippen molar-refractivity contribution in [3.63, 3.8) is 0 Å². The second kappa shape index (κ2) is 6.17. The van der Waals surface area contributed by atoms with E-state index in [4.69, 9.17) is 0 Å². The standard InChI is InChI=1S/C17H25F/c1-6-13(7-2)14-10-11-15(16(18)12-14)17(5,8-3)9-4/h6,10-12H,7-9H2,1-5H3. The minimum Gasteiger partial charge on any atom is -0.207 e. The lowest BCUT2D eigenvalue weighted by molar-refractivity contribution is 0.415. The Kier molecular flexibility index (Phi) is 5.13. The van der Waals surface area contributed by atoms with E-state index in [0.29, 0.717) is 0 Å². The summed E-state index contributed by atoms with van der Waals surface area (Å²) in [7, 11) is 0. The monoisotopic (exact) mass is 248 g/mol. The first-order valence-corrected chi connectivity index (χ1v) is 6.98. The maximum Gasteiger partial charge on any atom is 0.127 e. The molecule has 0 unspecified atom stereocenters. The Balaban J connectivity index is 3.22. The third-order valence-corrected chi connectivity index (χ3v) is 4.28. The Hall–Kier alpha value is -1.11. The summed E-state index contributed by atoms with van der Waals surface area (Å²) < 4.78 is 14.3. The zero-order valence-electron chi connectivity index (χ0n) is 12.3. The molecule has 0 radical (unpaired) electrons. The third-order valence-electron chi connectivity index (χ3n) is 4.28. The molecule has 0 aliphatic heterocycles. The van der Waals surface area contributed by atoms with E-state index in [9.17, 15) is 4.39 Å². The van der Waals surface area contributed by atoms with Gasteiger partial charge in [0.15, 0.2) is 0 Å². The van der Waals surface area contributed by atoms with Gasteiger partial charge in [0.2, 0.25) is 0 Å². The van der Waals surface area contributed by atoms with Crippen LogP contribution in [0, 0.1) is 5.82 Å². The highest BCUT2D eigenvalue weighted by Gasteiger charge is 2.25. The molecule has 0 nitrogen and oxygen atoms in total. The normalized spacial score (nSPS) is 12.9. The molecule has 0 amide bonds. The van der Waals surface area contributed by atoms with Crippen molar-refractivity contribution in [1.82, 2.24) is 0 Å². The van der Waals surface area contributed by atoms with Crippen LogP contribution in [-0.2, 0) is 5.41 Å². The molecule has 0 N–H and O–H groups in total. The van der Waals surface area contributed by atoms with Crippen LogP contribution in [0.4, 0.5) is 4.39 Å². The summed E-state index contributed by atoms with van der Waals surface area (Å²) in [6.45, 7) is 10.5. The first kappa shape index (κ1) is 14.9. The Morgan fingerprint density at radius 2 is 1.83 bits per heavy atom. The molecule has 1 aromatic rings. The predicted molar refractivity (Wildman–Crippen MR) is 78.3 cm³/mol. The average molecular weight is 248 g/mol. The topological polar surface area (TPSA) is 0 Å². The van der Waals surface area contributed by atoms with Crippen LogP contribution in [0.2, 0.25) is 0 Å². The summed E-state index contributed by atoms with van der Waals surface area (Å²) >= 11 is 0. The maximum atomic E-state index is 14.3. The van der Waals surface area contributed by atoms with Crippen molar-refractivity contribution in [3.8, 4) is 0 Å². The SMILES string of the molecule is CC=C(CC)c1ccc(C(C)(CC)CC)c(F)c1. The fourth-order valence-electron chi connectivity index (χ4n) is 2.41. The van der Waals surface area contributed by atoms with Crippen LogP contribution in [0.1, 0.15) is 65.0 Å². The molecule has 100 valence electrons. The maximum absolute atomic E-state index is 14.3. The fraction of sp³-hybridized carbons (Fsp3) is 0.529. The minimum absolute atomic E-state index is 0.0507. The third kappa shape index (κ3) is 2.82. The van der Waals surface area contributed by atoms with Gasteiger partial charge in [-0.25, -0.2) is 4.39 Å². The van der Waals surface area contributed by atoms with Crippen molar-refractivity contribution in [2.45, 2.75) is 59.3 Å². The van der Waals surface area contributed by atoms with Gasteiger partial charge in [-0.3, -0.25) is 0 Å². The second-order valence-electron chi connectivity index (χ2n) is 5.13. The molecule has 0 saturated carbocycles. The summed E-state index contributed by atoms with van der Waals surface area (Å²) in [6, 6.07) is 5.72. The lowest BCUT2D eigenvalue weighted by Gasteiger charge is -2.28. The number of halogens is 1. The van der Waals surface area contributed by atoms with Crippen LogP contribution in [0.25, 0.3) is 5.57 Å². The van der Waals surface area contributed by atoms with Gasteiger partial charge in [-0.1, -0.05) is 45.9 Å². The molecule has 0 aromatic heterocycles. The van der Waals surface area contributed by atoms with E-state index >= 15 is 0 Å². The van der Waals surface area contributed by atoms with Gasteiger partial charge in [-0.2, -0.15) is 0 Å². The molecule has 18 heavy (non-hydrogen) atoms. The van der Waals surface area contributed by atoms with E-state index in [1.165, 1.54) is 5.57 Å². The molecule has 1 aromatic carbocycles. The highest BCUT2D eigenvalue weighted by Crippen LogP contribution is 2.34. The van der Waals surface area contributed by atoms with Gasteiger partial charge < -0.3 is 0 Å². The molecule has 0 atom stereocenters. The summed E-state index contributed by atoms with van der Waals surface area (Å²) in [6.07, 6.45) is 4.93. The number of rotatable bonds is 5. The smallest absolute Gasteiger partial charge is 0.127 e. The molecular formula is C17H25F. The average Bonchev–Trinajstić information content (AvgIpc) is 2.39. The van der Waals surface area contributed by atoms with Crippen molar-refractivity contribution < 1.29 is 4.39 Å². The molecule has 1 heteroatoms. The number of benzene rings is 1. The van der Waals surface area contributed by atoms with E-state index in [1.807, 2.05) is 13.0 Å². The molecular weight excluding hydrogens is 223 g/mol. The van der Waals surface area contributed by atoms with E-state index in [2.05, 4.69) is 39.8 Å². The Labute approximate surface area is 111 Å². The van der Waals surface area contributed by atoms with E-state index in [-0.39, 0.29) is 11.2 Å². The van der Waals surface area contributed by atoms with Gasteiger partial charge in [0.05, 0.1) is 0 Å². The lowest BCUT2D eigenvalue weighted by atomic mass is 9.77. The molecule has 1 rings (SSSR count). The van der Waals surface area contributed by atoms with Crippen LogP contribution in [0.5, 0.6) is 0 Å². The summed E-state index contributed by atoms with van der Waals surface area (Å²) in [5.41, 5.74) is 3.01. The first-order valence-electron chi connectivity index (χ1n) is 6.98. The van der Waals surface area contributed by atoms with Gasteiger partial charge in [0, 0.05) is 0 Å². The zero-order chi connectivity index (χ0) is 13.8. The van der Waals surface area contributed by atoms with E-state index in [0.717, 1.165) is 30.4 Å². The molecule has 0 bridgehead atoms. The minimum atomic E-state index is -0.0634. The van der Waals surface area contributed by atoms with Crippen molar-refractivity contribution in [3.05, 3.63) is 41.2 Å². The van der Waals surface area contributed by atoms with Crippen molar-refractivity contribution in [2.75, 3.05) is 0 Å². The number of hydrogen-bond acceptors (Lipinski definition) is 0. The van der Waals surface area contributed by atoms with Crippen molar-refractivity contribution in [2.24, 2.45) is 0 Å². The quantitative estimate of drug-likeness (QED) is 0.625. The fourth-order valence-corrected chi connectivity index (χ4v) is 2.41. The van der Waals surface area contributed by atoms with Crippen LogP contribution in [0.3, 0.4) is 0 Å². The highest BCUT2D eigenvalue weighted by atomic mass is 19.1. The van der Waals surface area contributed by atoms with Gasteiger partial charge in [-0.15, -0.1) is 0 Å². The summed E-state index contributed by atoms with van der Waals surface area (Å²) in [5, 5.41) is 0. The van der Waals surface area contributed by atoms with Gasteiger partial charge in [-0.05, 0) is 54.4 Å².